The number of aromatic amines is 1. The van der Waals surface area contributed by atoms with E-state index in [2.05, 4.69) is 15.2 Å². The van der Waals surface area contributed by atoms with Gasteiger partial charge in [0.2, 0.25) is 0 Å². The third kappa shape index (κ3) is 3.51. The molecule has 0 amide bonds. The van der Waals surface area contributed by atoms with Gasteiger partial charge in [0, 0.05) is 28.9 Å². The van der Waals surface area contributed by atoms with E-state index in [4.69, 9.17) is 9.15 Å². The van der Waals surface area contributed by atoms with Gasteiger partial charge in [0.1, 0.15) is 11.6 Å². The minimum Gasteiger partial charge on any atom is -0.493 e. The van der Waals surface area contributed by atoms with E-state index in [1.807, 2.05) is 30.5 Å². The number of benzene rings is 2. The largest absolute Gasteiger partial charge is 0.493 e. The van der Waals surface area contributed by atoms with Gasteiger partial charge in [-0.15, -0.1) is 10.2 Å². The number of hydrogen-bond acceptors (Lipinski definition) is 5. The summed E-state index contributed by atoms with van der Waals surface area (Å²) < 4.78 is 24.3. The number of hydrogen-bond donors (Lipinski definition) is 1. The highest BCUT2D eigenvalue weighted by Gasteiger charge is 2.13. The van der Waals surface area contributed by atoms with E-state index in [9.17, 15) is 4.39 Å². The molecule has 1 N–H and O–H groups in total. The summed E-state index contributed by atoms with van der Waals surface area (Å²) in [5.41, 5.74) is 1.90. The molecule has 0 saturated carbocycles. The number of halogens is 1. The van der Waals surface area contributed by atoms with Crippen LogP contribution >= 0.6 is 11.8 Å². The van der Waals surface area contributed by atoms with E-state index in [0.717, 1.165) is 16.5 Å². The van der Waals surface area contributed by atoms with Crippen LogP contribution < -0.4 is 4.74 Å². The number of aromatic nitrogens is 3. The van der Waals surface area contributed by atoms with Gasteiger partial charge in [-0.2, -0.15) is 0 Å². The third-order valence-electron chi connectivity index (χ3n) is 3.60. The summed E-state index contributed by atoms with van der Waals surface area (Å²) in [5.74, 6) is 1.29. The molecule has 5 nitrogen and oxygen atoms in total. The lowest BCUT2D eigenvalue weighted by Gasteiger charge is -2.04. The van der Waals surface area contributed by atoms with Crippen molar-refractivity contribution in [3.8, 4) is 17.2 Å². The van der Waals surface area contributed by atoms with Gasteiger partial charge >= 0.3 is 0 Å². The standard InChI is InChI=1S/C18H14FN3O2S/c19-12-4-3-5-13(10-12)23-8-9-25-18-22-21-17(24-18)15-11-20-16-7-2-1-6-14(15)16/h1-7,10-11,20H,8-9H2. The summed E-state index contributed by atoms with van der Waals surface area (Å²) in [6.45, 7) is 0.416. The number of para-hydroxylation sites is 1. The van der Waals surface area contributed by atoms with Gasteiger partial charge in [-0.25, -0.2) is 4.39 Å². The quantitative estimate of drug-likeness (QED) is 0.407. The maximum atomic E-state index is 13.1. The summed E-state index contributed by atoms with van der Waals surface area (Å²) in [4.78, 5) is 3.19. The molecule has 0 atom stereocenters. The number of H-pyrrole nitrogens is 1. The number of thioether (sulfide) groups is 1. The summed E-state index contributed by atoms with van der Waals surface area (Å²) in [6, 6.07) is 14.0. The topological polar surface area (TPSA) is 63.9 Å². The number of nitrogens with zero attached hydrogens (tertiary/aromatic N) is 2. The first-order chi connectivity index (χ1) is 12.3. The number of ether oxygens (including phenoxy) is 1. The Balaban J connectivity index is 1.37. The molecule has 2 aromatic heterocycles. The molecule has 4 rings (SSSR count). The molecule has 25 heavy (non-hydrogen) atoms. The Morgan fingerprint density at radius 3 is 2.96 bits per heavy atom. The van der Waals surface area contributed by atoms with Crippen molar-refractivity contribution < 1.29 is 13.5 Å². The van der Waals surface area contributed by atoms with Crippen molar-refractivity contribution in [1.29, 1.82) is 0 Å². The Labute approximate surface area is 147 Å². The predicted molar refractivity (Wildman–Crippen MR) is 94.2 cm³/mol. The first-order valence-electron chi connectivity index (χ1n) is 7.71. The molecule has 0 fully saturated rings. The van der Waals surface area contributed by atoms with E-state index < -0.39 is 0 Å². The van der Waals surface area contributed by atoms with Crippen molar-refractivity contribution in [3.05, 3.63) is 60.5 Å². The zero-order chi connectivity index (χ0) is 17.1. The summed E-state index contributed by atoms with van der Waals surface area (Å²) in [5, 5.41) is 9.68. The molecule has 2 heterocycles. The molecule has 0 spiro atoms. The lowest BCUT2D eigenvalue weighted by Crippen LogP contribution is -2.00. The molecular weight excluding hydrogens is 341 g/mol. The van der Waals surface area contributed by atoms with E-state index in [-0.39, 0.29) is 5.82 Å². The molecular formula is C18H14FN3O2S. The molecule has 0 radical (unpaired) electrons. The highest BCUT2D eigenvalue weighted by atomic mass is 32.2. The van der Waals surface area contributed by atoms with Crippen LogP contribution in [0.4, 0.5) is 4.39 Å². The molecule has 7 heteroatoms. The molecule has 0 unspecified atom stereocenters. The highest BCUT2D eigenvalue weighted by molar-refractivity contribution is 7.99. The Morgan fingerprint density at radius 1 is 1.12 bits per heavy atom. The molecule has 2 aromatic carbocycles. The van der Waals surface area contributed by atoms with Crippen molar-refractivity contribution in [2.75, 3.05) is 12.4 Å². The molecule has 0 saturated heterocycles. The second-order valence-corrected chi connectivity index (χ2v) is 6.32. The first kappa shape index (κ1) is 15.7. The van der Waals surface area contributed by atoms with E-state index in [0.29, 0.717) is 29.2 Å². The van der Waals surface area contributed by atoms with E-state index in [1.165, 1.54) is 23.9 Å². The zero-order valence-electron chi connectivity index (χ0n) is 13.1. The molecule has 4 aromatic rings. The molecule has 126 valence electrons. The smallest absolute Gasteiger partial charge is 0.276 e. The van der Waals surface area contributed by atoms with Crippen molar-refractivity contribution in [3.63, 3.8) is 0 Å². The summed E-state index contributed by atoms with van der Waals surface area (Å²) in [7, 11) is 0. The lowest BCUT2D eigenvalue weighted by molar-refractivity contribution is 0.341. The number of rotatable bonds is 6. The van der Waals surface area contributed by atoms with Crippen LogP contribution in [-0.4, -0.2) is 27.5 Å². The molecule has 0 aliphatic heterocycles. The lowest BCUT2D eigenvalue weighted by atomic mass is 10.2. The Bertz CT molecular complexity index is 999. The van der Waals surface area contributed by atoms with Crippen LogP contribution in [0.25, 0.3) is 22.4 Å². The molecule has 0 bridgehead atoms. The third-order valence-corrected chi connectivity index (χ3v) is 4.38. The second kappa shape index (κ2) is 6.98. The summed E-state index contributed by atoms with van der Waals surface area (Å²) in [6.07, 6.45) is 1.86. The SMILES string of the molecule is Fc1cccc(OCCSc2nnc(-c3c[nH]c4ccccc34)o2)c1. The fraction of sp³-hybridized carbons (Fsp3) is 0.111. The van der Waals surface area contributed by atoms with E-state index >= 15 is 0 Å². The number of nitrogens with one attached hydrogen (secondary N) is 1. The van der Waals surface area contributed by atoms with Crippen molar-refractivity contribution in [2.45, 2.75) is 5.22 Å². The van der Waals surface area contributed by atoms with Crippen LogP contribution in [0.1, 0.15) is 0 Å². The van der Waals surface area contributed by atoms with Gasteiger partial charge < -0.3 is 14.1 Å². The van der Waals surface area contributed by atoms with Crippen LogP contribution in [0.2, 0.25) is 0 Å². The molecule has 0 aliphatic rings. The van der Waals surface area contributed by atoms with Crippen LogP contribution in [-0.2, 0) is 0 Å². The predicted octanol–water partition coefficient (Wildman–Crippen LogP) is 4.53. The average molecular weight is 355 g/mol. The van der Waals surface area contributed by atoms with Gasteiger partial charge in [0.05, 0.1) is 12.2 Å². The normalized spacial score (nSPS) is 11.1. The molecule has 0 aliphatic carbocycles. The number of fused-ring (bicyclic) bond motifs is 1. The average Bonchev–Trinajstić information content (AvgIpc) is 3.25. The fourth-order valence-corrected chi connectivity index (χ4v) is 3.05. The van der Waals surface area contributed by atoms with Gasteiger partial charge in [-0.05, 0) is 18.2 Å². The maximum absolute atomic E-state index is 13.1. The van der Waals surface area contributed by atoms with Crippen LogP contribution in [0, 0.1) is 5.82 Å². The van der Waals surface area contributed by atoms with Crippen molar-refractivity contribution in [1.82, 2.24) is 15.2 Å². The van der Waals surface area contributed by atoms with Crippen LogP contribution in [0.5, 0.6) is 5.75 Å². The first-order valence-corrected chi connectivity index (χ1v) is 8.69. The van der Waals surface area contributed by atoms with E-state index in [1.54, 1.807) is 12.1 Å². The monoisotopic (exact) mass is 355 g/mol. The van der Waals surface area contributed by atoms with Crippen molar-refractivity contribution >= 4 is 22.7 Å². The second-order valence-electron chi connectivity index (χ2n) is 5.28. The van der Waals surface area contributed by atoms with Crippen LogP contribution in [0.3, 0.4) is 0 Å². The van der Waals surface area contributed by atoms with Crippen molar-refractivity contribution in [2.24, 2.45) is 0 Å². The van der Waals surface area contributed by atoms with Gasteiger partial charge in [-0.1, -0.05) is 36.0 Å². The summed E-state index contributed by atoms with van der Waals surface area (Å²) >= 11 is 1.40. The minimum absolute atomic E-state index is 0.314. The van der Waals surface area contributed by atoms with Gasteiger partial charge in [0.15, 0.2) is 0 Å². The Hall–Kier alpha value is -2.80. The highest BCUT2D eigenvalue weighted by Crippen LogP contribution is 2.29. The van der Waals surface area contributed by atoms with Gasteiger partial charge in [0.25, 0.3) is 11.1 Å². The fourth-order valence-electron chi connectivity index (χ4n) is 2.47. The zero-order valence-corrected chi connectivity index (χ0v) is 13.9. The maximum Gasteiger partial charge on any atom is 0.276 e. The Morgan fingerprint density at radius 2 is 2.04 bits per heavy atom. The Kier molecular flexibility index (Phi) is 4.39. The van der Waals surface area contributed by atoms with Crippen LogP contribution in [0.15, 0.2) is 64.4 Å². The van der Waals surface area contributed by atoms with Gasteiger partial charge in [-0.3, -0.25) is 0 Å². The minimum atomic E-state index is -0.314.